The molecule has 13 aromatic carbocycles. The molecule has 0 N–H and O–H groups in total. The number of para-hydroxylation sites is 2. The minimum atomic E-state index is -0.0479. The molecular formula is C87H58N2. The van der Waals surface area contributed by atoms with Gasteiger partial charge in [0, 0.05) is 45.7 Å². The number of hydrogen-bond acceptors (Lipinski definition) is 1. The summed E-state index contributed by atoms with van der Waals surface area (Å²) >= 11 is 0. The molecule has 19 rings (SSSR count). The summed E-state index contributed by atoms with van der Waals surface area (Å²) in [6.45, 7) is 2.45. The Kier molecular flexibility index (Phi) is 11.0. The summed E-state index contributed by atoms with van der Waals surface area (Å²) < 4.78 is 2.60. The monoisotopic (exact) mass is 1130 g/mol. The first-order valence-corrected chi connectivity index (χ1v) is 31.5. The van der Waals surface area contributed by atoms with Gasteiger partial charge in [0.25, 0.3) is 0 Å². The van der Waals surface area contributed by atoms with Crippen LogP contribution in [0.2, 0.25) is 0 Å². The zero-order chi connectivity index (χ0) is 58.4. The van der Waals surface area contributed by atoms with Gasteiger partial charge in [-0.1, -0.05) is 255 Å². The van der Waals surface area contributed by atoms with Crippen LogP contribution >= 0.6 is 0 Å². The average Bonchev–Trinajstić information content (AvgIpc) is 1.63. The Morgan fingerprint density at radius 3 is 1.42 bits per heavy atom. The van der Waals surface area contributed by atoms with Gasteiger partial charge in [-0.2, -0.15) is 0 Å². The Labute approximate surface area is 518 Å². The van der Waals surface area contributed by atoms with Gasteiger partial charge in [-0.15, -0.1) is 0 Å². The van der Waals surface area contributed by atoms with E-state index in [-0.39, 0.29) is 29.6 Å². The number of rotatable bonds is 8. The van der Waals surface area contributed by atoms with Crippen LogP contribution in [0, 0.1) is 6.92 Å². The first-order valence-electron chi connectivity index (χ1n) is 31.5. The largest absolute Gasteiger partial charge is 0.309 e. The molecule has 0 saturated carbocycles. The van der Waals surface area contributed by atoms with Gasteiger partial charge < -0.3 is 4.57 Å². The summed E-state index contributed by atoms with van der Waals surface area (Å²) in [6.07, 6.45) is 2.52. The van der Waals surface area contributed by atoms with Crippen molar-refractivity contribution >= 4 is 39.3 Å². The number of aliphatic imine (C=N–C) groups is 1. The third-order valence-electron chi connectivity index (χ3n) is 20.6. The minimum absolute atomic E-state index is 0.00456. The van der Waals surface area contributed by atoms with Crippen LogP contribution in [0.5, 0.6) is 0 Å². The lowest BCUT2D eigenvalue weighted by Gasteiger charge is -2.27. The van der Waals surface area contributed by atoms with Gasteiger partial charge in [0.15, 0.2) is 0 Å². The van der Waals surface area contributed by atoms with Crippen molar-refractivity contribution in [1.82, 2.24) is 4.57 Å². The molecule has 0 spiro atoms. The molecule has 416 valence electrons. The average molecular weight is 1130 g/mol. The Balaban J connectivity index is 0.903. The number of aromatic nitrogens is 1. The van der Waals surface area contributed by atoms with E-state index in [0.717, 1.165) is 5.69 Å². The number of fused-ring (bicyclic) bond motifs is 16. The van der Waals surface area contributed by atoms with E-state index in [1.54, 1.807) is 0 Å². The van der Waals surface area contributed by atoms with Crippen LogP contribution in [0.1, 0.15) is 102 Å². The van der Waals surface area contributed by atoms with Crippen LogP contribution in [0.4, 0.5) is 5.69 Å². The van der Waals surface area contributed by atoms with Gasteiger partial charge in [0.2, 0.25) is 0 Å². The first kappa shape index (κ1) is 50.2. The van der Waals surface area contributed by atoms with E-state index in [9.17, 15) is 0 Å². The molecule has 4 atom stereocenters. The molecule has 1 aromatic heterocycles. The van der Waals surface area contributed by atoms with Crippen LogP contribution in [0.3, 0.4) is 0 Å². The Hall–Kier alpha value is -10.9. The van der Waals surface area contributed by atoms with Crippen molar-refractivity contribution in [3.05, 3.63) is 375 Å². The first-order chi connectivity index (χ1) is 44.1. The molecule has 2 heteroatoms. The summed E-state index contributed by atoms with van der Waals surface area (Å²) in [5.41, 5.74) is 37.1. The van der Waals surface area contributed by atoms with E-state index in [1.807, 2.05) is 0 Å². The Bertz CT molecular complexity index is 5240. The van der Waals surface area contributed by atoms with Gasteiger partial charge >= 0.3 is 0 Å². The van der Waals surface area contributed by atoms with Crippen LogP contribution in [-0.2, 0) is 0 Å². The molecule has 0 bridgehead atoms. The van der Waals surface area contributed by atoms with E-state index in [0.29, 0.717) is 0 Å². The lowest BCUT2D eigenvalue weighted by molar-refractivity contribution is 0.940. The van der Waals surface area contributed by atoms with Crippen molar-refractivity contribution in [2.45, 2.75) is 36.5 Å². The summed E-state index contributed by atoms with van der Waals surface area (Å²) in [4.78, 5) is 5.64. The SMILES string of the molecule is Cc1c(-c2ccc3c(c2)C2C(=Nc4ccc(-c5ccccc5)cc42)C3c2ccccc2)c(C2c3ccccc3-c3ccccc32)cc(-n2c3ccccc3c3ccccc32)c1-c1ccc2c(c1)C1C(=Cc3ccc(-c4ccccc4)cc31)C2c1ccccc1. The van der Waals surface area contributed by atoms with Gasteiger partial charge in [-0.25, -0.2) is 0 Å². The van der Waals surface area contributed by atoms with E-state index in [2.05, 4.69) is 315 Å². The lowest BCUT2D eigenvalue weighted by atomic mass is 9.78. The molecule has 4 aliphatic carbocycles. The fourth-order valence-corrected chi connectivity index (χ4v) is 16.9. The van der Waals surface area contributed by atoms with Crippen LogP contribution in [0.15, 0.2) is 308 Å². The maximum atomic E-state index is 5.64. The van der Waals surface area contributed by atoms with Crippen molar-refractivity contribution in [3.63, 3.8) is 0 Å². The van der Waals surface area contributed by atoms with Gasteiger partial charge in [-0.05, 0) is 183 Å². The van der Waals surface area contributed by atoms with Crippen LogP contribution in [-0.4, -0.2) is 10.3 Å². The molecular weight excluding hydrogens is 1070 g/mol. The molecule has 0 radical (unpaired) electrons. The zero-order valence-electron chi connectivity index (χ0n) is 49.1. The van der Waals surface area contributed by atoms with Gasteiger partial charge in [0.05, 0.1) is 28.3 Å². The predicted molar refractivity (Wildman–Crippen MR) is 368 cm³/mol. The molecule has 14 aromatic rings. The molecule has 0 amide bonds. The smallest absolute Gasteiger partial charge is 0.0672 e. The number of benzene rings is 13. The second-order valence-electron chi connectivity index (χ2n) is 25.1. The van der Waals surface area contributed by atoms with Crippen LogP contribution in [0.25, 0.3) is 89.2 Å². The maximum absolute atomic E-state index is 5.64. The standard InChI is InChI=1S/C87H58N2/c1-52-80(60-40-44-69-72(49-60)86-73-47-58(54-24-8-3-9-25-54)42-45-76(73)88-87(86)83(69)56-28-12-5-13-29-56)75(84-66-34-16-14-30-62(66)63-31-15-17-35-67(63)84)51-79(89-77-36-20-18-32-64(77)65-33-19-21-37-78(65)89)81(52)61-41-43-68-71(50-61)85-70-46-57(53-22-6-2-7-23-53)38-39-59(70)48-74(85)82(68)55-26-10-4-11-27-55/h2-51,82-86H,1H3. The van der Waals surface area contributed by atoms with E-state index in [1.165, 1.54) is 167 Å². The predicted octanol–water partition coefficient (Wildman–Crippen LogP) is 22.0. The zero-order valence-corrected chi connectivity index (χ0v) is 49.1. The Morgan fingerprint density at radius 2 is 0.787 bits per heavy atom. The lowest BCUT2D eigenvalue weighted by Crippen LogP contribution is -2.10. The molecule has 2 nitrogen and oxygen atoms in total. The van der Waals surface area contributed by atoms with Gasteiger partial charge in [-0.3, -0.25) is 4.99 Å². The highest BCUT2D eigenvalue weighted by molar-refractivity contribution is 6.12. The molecule has 89 heavy (non-hydrogen) atoms. The highest BCUT2D eigenvalue weighted by Crippen LogP contribution is 2.60. The van der Waals surface area contributed by atoms with E-state index in [4.69, 9.17) is 4.99 Å². The fourth-order valence-electron chi connectivity index (χ4n) is 16.9. The van der Waals surface area contributed by atoms with Crippen molar-refractivity contribution in [2.24, 2.45) is 4.99 Å². The molecule has 0 fully saturated rings. The van der Waals surface area contributed by atoms with Crippen molar-refractivity contribution in [1.29, 1.82) is 0 Å². The molecule has 5 aliphatic rings. The molecule has 0 saturated heterocycles. The highest BCUT2D eigenvalue weighted by Gasteiger charge is 2.45. The summed E-state index contributed by atoms with van der Waals surface area (Å²) in [5.74, 6) is 0.191. The minimum Gasteiger partial charge on any atom is -0.309 e. The molecule has 1 aliphatic heterocycles. The normalized spacial score (nSPS) is 17.1. The highest BCUT2D eigenvalue weighted by atomic mass is 15.0. The maximum Gasteiger partial charge on any atom is 0.0672 e. The molecule has 4 unspecified atom stereocenters. The second kappa shape index (κ2) is 19.5. The van der Waals surface area contributed by atoms with Crippen molar-refractivity contribution in [2.75, 3.05) is 0 Å². The second-order valence-corrected chi connectivity index (χ2v) is 25.1. The summed E-state index contributed by atoms with van der Waals surface area (Å²) in [7, 11) is 0. The quantitative estimate of drug-likeness (QED) is 0.144. The van der Waals surface area contributed by atoms with E-state index >= 15 is 0 Å². The summed E-state index contributed by atoms with van der Waals surface area (Å²) in [5, 5.41) is 2.49. The topological polar surface area (TPSA) is 17.3 Å². The summed E-state index contributed by atoms with van der Waals surface area (Å²) in [6, 6.07) is 112. The fraction of sp³-hybridized carbons (Fsp3) is 0.0690. The number of nitrogens with zero attached hydrogens (tertiary/aromatic N) is 2. The number of hydrogen-bond donors (Lipinski definition) is 0. The third-order valence-corrected chi connectivity index (χ3v) is 20.6. The van der Waals surface area contributed by atoms with E-state index < -0.39 is 0 Å². The van der Waals surface area contributed by atoms with Gasteiger partial charge in [0.1, 0.15) is 0 Å². The third kappa shape index (κ3) is 7.47. The van der Waals surface area contributed by atoms with Crippen LogP contribution < -0.4 is 0 Å². The Morgan fingerprint density at radius 1 is 0.303 bits per heavy atom. The van der Waals surface area contributed by atoms with Crippen molar-refractivity contribution < 1.29 is 0 Å². The van der Waals surface area contributed by atoms with Crippen molar-refractivity contribution in [3.8, 4) is 61.3 Å². The number of allylic oxidation sites excluding steroid dienone is 1. The molecule has 2 heterocycles.